The van der Waals surface area contributed by atoms with Crippen LogP contribution in [0.25, 0.3) is 10.9 Å². The van der Waals surface area contributed by atoms with Gasteiger partial charge in [-0.1, -0.05) is 31.4 Å². The molecule has 0 saturated carbocycles. The summed E-state index contributed by atoms with van der Waals surface area (Å²) in [6, 6.07) is 5.64. The molecule has 0 radical (unpaired) electrons. The fourth-order valence-electron chi connectivity index (χ4n) is 2.35. The highest BCUT2D eigenvalue weighted by atomic mass is 16.5. The fraction of sp³-hybridized carbons (Fsp3) is 0.211. The largest absolute Gasteiger partial charge is 0.422 e. The molecule has 1 N–H and O–H groups in total. The van der Waals surface area contributed by atoms with Crippen molar-refractivity contribution in [3.05, 3.63) is 66.9 Å². The Balaban J connectivity index is 2.35. The van der Waals surface area contributed by atoms with E-state index in [2.05, 4.69) is 23.0 Å². The number of likely N-dealkylation sites (N-methyl/N-ethyl adjacent to an activating group) is 1. The molecule has 4 nitrogen and oxygen atoms in total. The number of allylic oxidation sites excluding steroid dienone is 2. The van der Waals surface area contributed by atoms with Crippen LogP contribution in [0.2, 0.25) is 0 Å². The standard InChI is InChI=1S/C19H22N2O2/c1-5-8-14(6-2)19(22)23-17-10-7-9-16-18(17)15(13-20-16)11-12-21(3)4/h5-10,13,20H,1-2,11-12H2,3-4H3/b14-8+. The first-order valence-electron chi connectivity index (χ1n) is 7.48. The number of hydrogen-bond donors (Lipinski definition) is 1. The Hall–Kier alpha value is -2.59. The van der Waals surface area contributed by atoms with Crippen LogP contribution >= 0.6 is 0 Å². The van der Waals surface area contributed by atoms with Gasteiger partial charge in [-0.2, -0.15) is 0 Å². The summed E-state index contributed by atoms with van der Waals surface area (Å²) >= 11 is 0. The van der Waals surface area contributed by atoms with Gasteiger partial charge in [0.15, 0.2) is 0 Å². The summed E-state index contributed by atoms with van der Waals surface area (Å²) in [4.78, 5) is 17.6. The lowest BCUT2D eigenvalue weighted by atomic mass is 10.1. The summed E-state index contributed by atoms with van der Waals surface area (Å²) in [5, 5.41) is 0.949. The Bertz CT molecular complexity index is 754. The van der Waals surface area contributed by atoms with E-state index in [1.807, 2.05) is 38.5 Å². The molecule has 0 unspecified atom stereocenters. The summed E-state index contributed by atoms with van der Waals surface area (Å²) in [7, 11) is 4.07. The van der Waals surface area contributed by atoms with Gasteiger partial charge in [-0.3, -0.25) is 0 Å². The fourth-order valence-corrected chi connectivity index (χ4v) is 2.35. The average molecular weight is 310 g/mol. The van der Waals surface area contributed by atoms with E-state index in [0.717, 1.165) is 29.4 Å². The molecule has 2 rings (SSSR count). The van der Waals surface area contributed by atoms with Gasteiger partial charge in [-0.15, -0.1) is 0 Å². The van der Waals surface area contributed by atoms with E-state index in [-0.39, 0.29) is 0 Å². The maximum Gasteiger partial charge on any atom is 0.343 e. The highest BCUT2D eigenvalue weighted by molar-refractivity contribution is 5.97. The number of carbonyl (C=O) groups excluding carboxylic acids is 1. The second kappa shape index (κ2) is 7.61. The molecule has 0 fully saturated rings. The third-order valence-corrected chi connectivity index (χ3v) is 3.53. The number of ether oxygens (including phenoxy) is 1. The zero-order valence-electron chi connectivity index (χ0n) is 13.6. The van der Waals surface area contributed by atoms with Gasteiger partial charge in [0.25, 0.3) is 0 Å². The van der Waals surface area contributed by atoms with Crippen molar-refractivity contribution >= 4 is 16.9 Å². The number of nitrogens with zero attached hydrogens (tertiary/aromatic N) is 1. The molecule has 0 aliphatic rings. The number of aromatic amines is 1. The van der Waals surface area contributed by atoms with Crippen LogP contribution in [0.5, 0.6) is 5.75 Å². The lowest BCUT2D eigenvalue weighted by Crippen LogP contribution is -2.15. The number of esters is 1. The molecule has 0 spiro atoms. The van der Waals surface area contributed by atoms with Crippen LogP contribution in [0.4, 0.5) is 0 Å². The average Bonchev–Trinajstić information content (AvgIpc) is 2.94. The number of carbonyl (C=O) groups is 1. The van der Waals surface area contributed by atoms with E-state index in [9.17, 15) is 4.79 Å². The van der Waals surface area contributed by atoms with Crippen molar-refractivity contribution in [1.29, 1.82) is 0 Å². The van der Waals surface area contributed by atoms with Crippen molar-refractivity contribution in [2.45, 2.75) is 6.42 Å². The van der Waals surface area contributed by atoms with E-state index >= 15 is 0 Å². The number of fused-ring (bicyclic) bond motifs is 1. The van der Waals surface area contributed by atoms with Crippen LogP contribution in [0.15, 0.2) is 61.4 Å². The van der Waals surface area contributed by atoms with E-state index in [1.165, 1.54) is 12.2 Å². The van der Waals surface area contributed by atoms with E-state index in [4.69, 9.17) is 4.74 Å². The molecule has 0 atom stereocenters. The van der Waals surface area contributed by atoms with Crippen molar-refractivity contribution in [2.24, 2.45) is 0 Å². The van der Waals surface area contributed by atoms with E-state index < -0.39 is 5.97 Å². The molecule has 1 heterocycles. The van der Waals surface area contributed by atoms with Crippen LogP contribution in [-0.4, -0.2) is 36.5 Å². The Kier molecular flexibility index (Phi) is 5.55. The lowest BCUT2D eigenvalue weighted by Gasteiger charge is -2.10. The molecular weight excluding hydrogens is 288 g/mol. The summed E-state index contributed by atoms with van der Waals surface area (Å²) in [5.74, 6) is 0.117. The monoisotopic (exact) mass is 310 g/mol. The maximum atomic E-state index is 12.2. The van der Waals surface area contributed by atoms with Gasteiger partial charge in [0.2, 0.25) is 0 Å². The first-order valence-corrected chi connectivity index (χ1v) is 7.48. The number of nitrogens with one attached hydrogen (secondary N) is 1. The first-order chi connectivity index (χ1) is 11.1. The molecule has 0 saturated heterocycles. The van der Waals surface area contributed by atoms with Crippen LogP contribution < -0.4 is 4.74 Å². The smallest absolute Gasteiger partial charge is 0.343 e. The van der Waals surface area contributed by atoms with Gasteiger partial charge >= 0.3 is 5.97 Å². The van der Waals surface area contributed by atoms with Gasteiger partial charge < -0.3 is 14.6 Å². The normalized spacial score (nSPS) is 11.7. The number of hydrogen-bond acceptors (Lipinski definition) is 3. The Morgan fingerprint density at radius 2 is 2.13 bits per heavy atom. The summed E-state index contributed by atoms with van der Waals surface area (Å²) in [6.45, 7) is 8.15. The molecule has 0 aliphatic carbocycles. The summed E-state index contributed by atoms with van der Waals surface area (Å²) in [5.41, 5.74) is 2.46. The Morgan fingerprint density at radius 3 is 2.78 bits per heavy atom. The minimum atomic E-state index is -0.438. The van der Waals surface area contributed by atoms with Gasteiger partial charge in [-0.25, -0.2) is 4.79 Å². The number of aromatic nitrogens is 1. The van der Waals surface area contributed by atoms with Crippen molar-refractivity contribution < 1.29 is 9.53 Å². The summed E-state index contributed by atoms with van der Waals surface area (Å²) in [6.07, 6.45) is 7.43. The van der Waals surface area contributed by atoms with E-state index in [0.29, 0.717) is 11.3 Å². The zero-order valence-corrected chi connectivity index (χ0v) is 13.6. The van der Waals surface area contributed by atoms with Crippen molar-refractivity contribution in [2.75, 3.05) is 20.6 Å². The molecular formula is C19H22N2O2. The molecule has 0 aliphatic heterocycles. The molecule has 0 amide bonds. The highest BCUT2D eigenvalue weighted by Crippen LogP contribution is 2.29. The number of H-pyrrole nitrogens is 1. The van der Waals surface area contributed by atoms with Gasteiger partial charge in [0.1, 0.15) is 5.75 Å². The minimum absolute atomic E-state index is 0.377. The molecule has 1 aromatic heterocycles. The second-order valence-corrected chi connectivity index (χ2v) is 5.50. The molecule has 0 bridgehead atoms. The topological polar surface area (TPSA) is 45.3 Å². The third kappa shape index (κ3) is 3.99. The molecule has 23 heavy (non-hydrogen) atoms. The van der Waals surface area contributed by atoms with Crippen LogP contribution in [0.3, 0.4) is 0 Å². The third-order valence-electron chi connectivity index (χ3n) is 3.53. The van der Waals surface area contributed by atoms with Gasteiger partial charge in [-0.05, 0) is 44.3 Å². The van der Waals surface area contributed by atoms with Gasteiger partial charge in [0.05, 0.1) is 5.57 Å². The quantitative estimate of drug-likeness (QED) is 0.368. The van der Waals surface area contributed by atoms with E-state index in [1.54, 1.807) is 6.08 Å². The number of rotatable bonds is 7. The van der Waals surface area contributed by atoms with Crippen molar-refractivity contribution in [1.82, 2.24) is 9.88 Å². The van der Waals surface area contributed by atoms with Crippen molar-refractivity contribution in [3.63, 3.8) is 0 Å². The highest BCUT2D eigenvalue weighted by Gasteiger charge is 2.14. The molecule has 1 aromatic carbocycles. The molecule has 120 valence electrons. The zero-order chi connectivity index (χ0) is 16.8. The molecule has 4 heteroatoms. The predicted octanol–water partition coefficient (Wildman–Crippen LogP) is 3.48. The SMILES string of the molecule is C=C/C=C(\C=C)C(=O)Oc1cccc2[nH]cc(CCN(C)C)c12. The second-order valence-electron chi connectivity index (χ2n) is 5.50. The van der Waals surface area contributed by atoms with Crippen LogP contribution in [0.1, 0.15) is 5.56 Å². The Labute approximate surface area is 136 Å². The van der Waals surface area contributed by atoms with Gasteiger partial charge in [0, 0.05) is 23.6 Å². The lowest BCUT2D eigenvalue weighted by molar-refractivity contribution is -0.129. The predicted molar refractivity (Wildman–Crippen MR) is 94.7 cm³/mol. The van der Waals surface area contributed by atoms with Crippen LogP contribution in [-0.2, 0) is 11.2 Å². The first kappa shape index (κ1) is 16.8. The van der Waals surface area contributed by atoms with Crippen molar-refractivity contribution in [3.8, 4) is 5.75 Å². The summed E-state index contributed by atoms with van der Waals surface area (Å²) < 4.78 is 5.58. The molecule has 2 aromatic rings. The number of benzene rings is 1. The maximum absolute atomic E-state index is 12.2. The van der Waals surface area contributed by atoms with Crippen LogP contribution in [0, 0.1) is 0 Å². The minimum Gasteiger partial charge on any atom is -0.422 e. The Morgan fingerprint density at radius 1 is 1.35 bits per heavy atom.